The highest BCUT2D eigenvalue weighted by Crippen LogP contribution is 2.13. The summed E-state index contributed by atoms with van der Waals surface area (Å²) in [6.45, 7) is -0.783. The minimum Gasteiger partial charge on any atom is -0.468 e. The Balaban J connectivity index is 3.81. The second-order valence-corrected chi connectivity index (χ2v) is 1.76. The molecule has 0 saturated carbocycles. The largest absolute Gasteiger partial charge is 0.471 e. The van der Waals surface area contributed by atoms with Gasteiger partial charge in [-0.05, 0) is 0 Å². The van der Waals surface area contributed by atoms with Gasteiger partial charge in [-0.25, -0.2) is 0 Å². The highest BCUT2D eigenvalue weighted by Gasteiger charge is 2.38. The van der Waals surface area contributed by atoms with Crippen molar-refractivity contribution in [3.8, 4) is 0 Å². The first-order chi connectivity index (χ1) is 5.38. The van der Waals surface area contributed by atoms with Crippen LogP contribution in [0.1, 0.15) is 0 Å². The van der Waals surface area contributed by atoms with E-state index < -0.39 is 24.6 Å². The van der Waals surface area contributed by atoms with Crippen molar-refractivity contribution in [3.63, 3.8) is 0 Å². The molecule has 0 atom stereocenters. The van der Waals surface area contributed by atoms with Crippen molar-refractivity contribution in [2.24, 2.45) is 0 Å². The molecule has 1 amide bonds. The van der Waals surface area contributed by atoms with Crippen molar-refractivity contribution in [2.75, 3.05) is 13.7 Å². The molecule has 7 heteroatoms. The zero-order chi connectivity index (χ0) is 9.78. The molecule has 0 radical (unpaired) electrons. The lowest BCUT2D eigenvalue weighted by Crippen LogP contribution is -2.39. The number of methoxy groups -OCH3 is 1. The Hall–Kier alpha value is -1.27. The fourth-order valence-corrected chi connectivity index (χ4v) is 0.325. The van der Waals surface area contributed by atoms with Gasteiger partial charge in [-0.1, -0.05) is 0 Å². The van der Waals surface area contributed by atoms with Gasteiger partial charge in [-0.15, -0.1) is 0 Å². The molecule has 0 unspecified atom stereocenters. The zero-order valence-corrected chi connectivity index (χ0v) is 6.07. The van der Waals surface area contributed by atoms with Crippen molar-refractivity contribution in [3.05, 3.63) is 0 Å². The Morgan fingerprint density at radius 2 is 1.92 bits per heavy atom. The quantitative estimate of drug-likeness (QED) is 0.608. The lowest BCUT2D eigenvalue weighted by Gasteiger charge is -2.05. The number of carbonyl (C=O) groups is 2. The first-order valence-electron chi connectivity index (χ1n) is 2.79. The molecule has 0 fully saturated rings. The van der Waals surface area contributed by atoms with Crippen LogP contribution in [0.2, 0.25) is 0 Å². The number of alkyl halides is 3. The monoisotopic (exact) mass is 185 g/mol. The van der Waals surface area contributed by atoms with Crippen molar-refractivity contribution in [1.29, 1.82) is 0 Å². The van der Waals surface area contributed by atoms with Gasteiger partial charge in [0, 0.05) is 0 Å². The van der Waals surface area contributed by atoms with E-state index in [1.165, 1.54) is 5.32 Å². The molecule has 0 rings (SSSR count). The van der Waals surface area contributed by atoms with Gasteiger partial charge >= 0.3 is 18.1 Å². The summed E-state index contributed by atoms with van der Waals surface area (Å²) in [7, 11) is 1.00. The Bertz CT molecular complexity index is 189. The number of esters is 1. The summed E-state index contributed by atoms with van der Waals surface area (Å²) < 4.78 is 38.3. The Labute approximate surface area is 65.7 Å². The van der Waals surface area contributed by atoms with E-state index in [9.17, 15) is 22.8 Å². The van der Waals surface area contributed by atoms with Crippen molar-refractivity contribution in [1.82, 2.24) is 5.32 Å². The smallest absolute Gasteiger partial charge is 0.468 e. The second kappa shape index (κ2) is 3.93. The van der Waals surface area contributed by atoms with Gasteiger partial charge in [0.15, 0.2) is 0 Å². The number of amides is 1. The van der Waals surface area contributed by atoms with Gasteiger partial charge in [0.05, 0.1) is 7.11 Å². The van der Waals surface area contributed by atoms with Gasteiger partial charge in [0.25, 0.3) is 0 Å². The molecule has 1 N–H and O–H groups in total. The van der Waals surface area contributed by atoms with E-state index in [4.69, 9.17) is 0 Å². The maximum absolute atomic E-state index is 11.4. The summed E-state index contributed by atoms with van der Waals surface area (Å²) in [5, 5.41) is 1.33. The number of carbonyl (C=O) groups excluding carboxylic acids is 2. The van der Waals surface area contributed by atoms with E-state index in [1.54, 1.807) is 0 Å². The number of halogens is 3. The predicted molar refractivity (Wildman–Crippen MR) is 31.1 cm³/mol. The maximum Gasteiger partial charge on any atom is 0.471 e. The summed E-state index contributed by atoms with van der Waals surface area (Å²) >= 11 is 0. The summed E-state index contributed by atoms with van der Waals surface area (Å²) in [5.41, 5.74) is 0. The van der Waals surface area contributed by atoms with Crippen molar-refractivity contribution < 1.29 is 27.5 Å². The average molecular weight is 185 g/mol. The summed E-state index contributed by atoms with van der Waals surface area (Å²) in [4.78, 5) is 20.3. The molecule has 0 heterocycles. The maximum atomic E-state index is 11.4. The van der Waals surface area contributed by atoms with Crippen LogP contribution in [0.25, 0.3) is 0 Å². The van der Waals surface area contributed by atoms with Crippen molar-refractivity contribution in [2.45, 2.75) is 6.18 Å². The van der Waals surface area contributed by atoms with E-state index >= 15 is 0 Å². The van der Waals surface area contributed by atoms with Crippen LogP contribution in [-0.2, 0) is 14.3 Å². The average Bonchev–Trinajstić information content (AvgIpc) is 1.97. The Kier molecular flexibility index (Phi) is 3.52. The van der Waals surface area contributed by atoms with E-state index in [1.807, 2.05) is 0 Å². The van der Waals surface area contributed by atoms with Crippen LogP contribution in [-0.4, -0.2) is 31.7 Å². The number of rotatable bonds is 2. The first-order valence-corrected chi connectivity index (χ1v) is 2.79. The van der Waals surface area contributed by atoms with Crippen molar-refractivity contribution >= 4 is 11.9 Å². The van der Waals surface area contributed by atoms with Crippen LogP contribution in [0.3, 0.4) is 0 Å². The molecule has 12 heavy (non-hydrogen) atoms. The fourth-order valence-electron chi connectivity index (χ4n) is 0.325. The highest BCUT2D eigenvalue weighted by atomic mass is 19.4. The van der Waals surface area contributed by atoms with Crippen LogP contribution >= 0.6 is 0 Å². The molecule has 70 valence electrons. The number of hydrogen-bond acceptors (Lipinski definition) is 3. The second-order valence-electron chi connectivity index (χ2n) is 1.76. The van der Waals surface area contributed by atoms with E-state index in [2.05, 4.69) is 4.74 Å². The van der Waals surface area contributed by atoms with E-state index in [-0.39, 0.29) is 0 Å². The third-order valence-corrected chi connectivity index (χ3v) is 0.878. The molecule has 0 spiro atoms. The fraction of sp³-hybridized carbons (Fsp3) is 0.600. The van der Waals surface area contributed by atoms with Gasteiger partial charge in [-0.2, -0.15) is 13.2 Å². The molecule has 0 aliphatic heterocycles. The number of hydrogen-bond donors (Lipinski definition) is 1. The van der Waals surface area contributed by atoms with Gasteiger partial charge < -0.3 is 10.1 Å². The van der Waals surface area contributed by atoms with E-state index in [0.29, 0.717) is 0 Å². The molecule has 4 nitrogen and oxygen atoms in total. The molecule has 0 aliphatic rings. The van der Waals surface area contributed by atoms with Gasteiger partial charge in [-0.3, -0.25) is 9.59 Å². The standard InChI is InChI=1S/C5H6F3NO3/c1-12-3(10)2-9-4(11)5(6,7)8/h2H2,1H3,(H,9,11). The minimum atomic E-state index is -4.96. The molecule has 0 aromatic rings. The van der Waals surface area contributed by atoms with Gasteiger partial charge in [0.2, 0.25) is 0 Å². The lowest BCUT2D eigenvalue weighted by molar-refractivity contribution is -0.174. The summed E-state index contributed by atoms with van der Waals surface area (Å²) in [6.07, 6.45) is -4.96. The Morgan fingerprint density at radius 1 is 1.42 bits per heavy atom. The van der Waals surface area contributed by atoms with Crippen LogP contribution in [0, 0.1) is 0 Å². The van der Waals surface area contributed by atoms with Crippen LogP contribution in [0.15, 0.2) is 0 Å². The molecule has 0 aliphatic carbocycles. The van der Waals surface area contributed by atoms with Crippen LogP contribution < -0.4 is 5.32 Å². The number of ether oxygens (including phenoxy) is 1. The molecule has 0 saturated heterocycles. The van der Waals surface area contributed by atoms with Crippen LogP contribution in [0.5, 0.6) is 0 Å². The normalized spacial score (nSPS) is 10.7. The summed E-state index contributed by atoms with van der Waals surface area (Å²) in [6, 6.07) is 0. The molecular formula is C5H6F3NO3. The third-order valence-electron chi connectivity index (χ3n) is 0.878. The highest BCUT2D eigenvalue weighted by molar-refractivity contribution is 5.85. The van der Waals surface area contributed by atoms with Gasteiger partial charge in [0.1, 0.15) is 6.54 Å². The third kappa shape index (κ3) is 3.79. The first kappa shape index (κ1) is 10.7. The van der Waals surface area contributed by atoms with E-state index in [0.717, 1.165) is 7.11 Å². The Morgan fingerprint density at radius 3 is 2.25 bits per heavy atom. The summed E-state index contributed by atoms with van der Waals surface area (Å²) in [5.74, 6) is -3.10. The lowest BCUT2D eigenvalue weighted by atomic mass is 10.5. The SMILES string of the molecule is COC(=O)CNC(=O)C(F)(F)F. The molecule has 0 aromatic heterocycles. The molecular weight excluding hydrogens is 179 g/mol. The molecule has 0 aromatic carbocycles. The predicted octanol–water partition coefficient (Wildman–Crippen LogP) is -0.162. The number of nitrogens with one attached hydrogen (secondary N) is 1. The van der Waals surface area contributed by atoms with Crippen LogP contribution in [0.4, 0.5) is 13.2 Å². The zero-order valence-electron chi connectivity index (χ0n) is 6.07. The topological polar surface area (TPSA) is 55.4 Å². The minimum absolute atomic E-state index is 0.783. The molecule has 0 bridgehead atoms.